The largest absolute Gasteiger partial charge is 0.303 e. The van der Waals surface area contributed by atoms with Crippen molar-refractivity contribution in [3.63, 3.8) is 0 Å². The topological polar surface area (TPSA) is 17.8 Å². The summed E-state index contributed by atoms with van der Waals surface area (Å²) in [5, 5.41) is 0. The van der Waals surface area contributed by atoms with Crippen LogP contribution in [0.15, 0.2) is 30.7 Å². The summed E-state index contributed by atoms with van der Waals surface area (Å²) in [5.41, 5.74) is 0.133. The summed E-state index contributed by atoms with van der Waals surface area (Å²) in [6.07, 6.45) is 5.29. The van der Waals surface area contributed by atoms with Gasteiger partial charge in [0.1, 0.15) is 12.5 Å². The highest BCUT2D eigenvalue weighted by molar-refractivity contribution is 5.33. The first kappa shape index (κ1) is 7.91. The van der Waals surface area contributed by atoms with Crippen molar-refractivity contribution in [3.05, 3.63) is 48.6 Å². The van der Waals surface area contributed by atoms with Crippen LogP contribution in [0.25, 0.3) is 5.69 Å². The fourth-order valence-corrected chi connectivity index (χ4v) is 1.05. The fraction of sp³-hybridized carbons (Fsp3) is 0. The summed E-state index contributed by atoms with van der Waals surface area (Å²) in [5.74, 6) is -1.75. The minimum Gasteiger partial charge on any atom is -0.303 e. The Morgan fingerprint density at radius 3 is 2.85 bits per heavy atom. The lowest BCUT2D eigenvalue weighted by atomic mass is 10.3. The number of benzene rings is 1. The molecule has 0 saturated carbocycles. The molecule has 2 aromatic rings. The Kier molecular flexibility index (Phi) is 1.81. The van der Waals surface area contributed by atoms with Gasteiger partial charge in [0.15, 0.2) is 11.6 Å². The smallest absolute Gasteiger partial charge is 0.182 e. The molecule has 65 valence electrons. The average molecular weight is 179 g/mol. The van der Waals surface area contributed by atoms with Crippen LogP contribution in [0.5, 0.6) is 0 Å². The summed E-state index contributed by atoms with van der Waals surface area (Å²) in [7, 11) is 0. The maximum Gasteiger partial charge on any atom is 0.182 e. The van der Waals surface area contributed by atoms with E-state index in [1.165, 1.54) is 29.2 Å². The molecule has 0 saturated heterocycles. The highest BCUT2D eigenvalue weighted by Gasteiger charge is 2.07. The van der Waals surface area contributed by atoms with Crippen molar-refractivity contribution in [2.45, 2.75) is 0 Å². The minimum atomic E-state index is -0.881. The van der Waals surface area contributed by atoms with E-state index >= 15 is 0 Å². The van der Waals surface area contributed by atoms with E-state index in [2.05, 4.69) is 11.2 Å². The van der Waals surface area contributed by atoms with Crippen LogP contribution >= 0.6 is 0 Å². The second kappa shape index (κ2) is 2.97. The number of hydrogen-bond donors (Lipinski definition) is 0. The third kappa shape index (κ3) is 1.30. The van der Waals surface area contributed by atoms with Crippen LogP contribution in [-0.4, -0.2) is 9.55 Å². The van der Waals surface area contributed by atoms with E-state index in [0.717, 1.165) is 6.07 Å². The zero-order valence-corrected chi connectivity index (χ0v) is 6.54. The molecule has 1 radical (unpaired) electrons. The number of halogens is 2. The Balaban J connectivity index is 2.59. The molecular formula is C9H5F2N2. The lowest BCUT2D eigenvalue weighted by Crippen LogP contribution is -1.96. The van der Waals surface area contributed by atoms with Crippen LogP contribution in [0, 0.1) is 17.8 Å². The Labute approximate surface area is 73.5 Å². The van der Waals surface area contributed by atoms with E-state index in [0.29, 0.717) is 0 Å². The molecule has 2 nitrogen and oxygen atoms in total. The van der Waals surface area contributed by atoms with Crippen molar-refractivity contribution >= 4 is 0 Å². The molecule has 13 heavy (non-hydrogen) atoms. The van der Waals surface area contributed by atoms with E-state index in [9.17, 15) is 8.78 Å². The van der Waals surface area contributed by atoms with Gasteiger partial charge in [0.05, 0.1) is 5.69 Å². The van der Waals surface area contributed by atoms with E-state index < -0.39 is 11.6 Å². The van der Waals surface area contributed by atoms with E-state index in [4.69, 9.17) is 0 Å². The Bertz CT molecular complexity index is 410. The second-order valence-electron chi connectivity index (χ2n) is 2.48. The predicted molar refractivity (Wildman–Crippen MR) is 42.3 cm³/mol. The van der Waals surface area contributed by atoms with E-state index in [1.807, 2.05) is 0 Å². The van der Waals surface area contributed by atoms with Gasteiger partial charge in [-0.1, -0.05) is 6.07 Å². The van der Waals surface area contributed by atoms with Gasteiger partial charge in [0.25, 0.3) is 0 Å². The van der Waals surface area contributed by atoms with Crippen molar-refractivity contribution in [1.82, 2.24) is 9.55 Å². The van der Waals surface area contributed by atoms with Gasteiger partial charge < -0.3 is 4.57 Å². The van der Waals surface area contributed by atoms with Gasteiger partial charge in [0.2, 0.25) is 0 Å². The van der Waals surface area contributed by atoms with Crippen molar-refractivity contribution in [3.8, 4) is 5.69 Å². The molecule has 1 aromatic carbocycles. The first-order valence-corrected chi connectivity index (χ1v) is 3.63. The lowest BCUT2D eigenvalue weighted by Gasteiger charge is -2.02. The van der Waals surface area contributed by atoms with Crippen molar-refractivity contribution in [2.24, 2.45) is 0 Å². The zero-order chi connectivity index (χ0) is 9.26. The van der Waals surface area contributed by atoms with Crippen molar-refractivity contribution < 1.29 is 8.78 Å². The monoisotopic (exact) mass is 179 g/mol. The Hall–Kier alpha value is -1.71. The number of aromatic nitrogens is 2. The van der Waals surface area contributed by atoms with Gasteiger partial charge in [-0.3, -0.25) is 0 Å². The van der Waals surface area contributed by atoms with Gasteiger partial charge in [-0.05, 0) is 12.1 Å². The number of rotatable bonds is 1. The van der Waals surface area contributed by atoms with Crippen LogP contribution in [0.2, 0.25) is 0 Å². The Morgan fingerprint density at radius 1 is 1.31 bits per heavy atom. The maximum atomic E-state index is 13.1. The highest BCUT2D eigenvalue weighted by Crippen LogP contribution is 2.14. The fourth-order valence-electron chi connectivity index (χ4n) is 1.05. The molecule has 0 N–H and O–H groups in total. The molecule has 1 aromatic heterocycles. The molecule has 0 spiro atoms. The van der Waals surface area contributed by atoms with Gasteiger partial charge >= 0.3 is 0 Å². The summed E-state index contributed by atoms with van der Waals surface area (Å²) in [6.45, 7) is 0. The summed E-state index contributed by atoms with van der Waals surface area (Å²) >= 11 is 0. The molecule has 0 atom stereocenters. The molecule has 2 rings (SSSR count). The van der Waals surface area contributed by atoms with Gasteiger partial charge in [-0.25, -0.2) is 13.8 Å². The first-order chi connectivity index (χ1) is 6.29. The number of nitrogens with zero attached hydrogens (tertiary/aromatic N) is 2. The van der Waals surface area contributed by atoms with E-state index in [-0.39, 0.29) is 5.69 Å². The summed E-state index contributed by atoms with van der Waals surface area (Å²) < 4.78 is 27.2. The number of imidazole rings is 1. The molecule has 0 unspecified atom stereocenters. The SMILES string of the molecule is Fc1cccc(-n2c[c]nc2)c1F. The molecule has 0 fully saturated rings. The predicted octanol–water partition coefficient (Wildman–Crippen LogP) is 1.95. The van der Waals surface area contributed by atoms with Crippen LogP contribution in [0.1, 0.15) is 0 Å². The third-order valence-corrected chi connectivity index (χ3v) is 1.66. The molecular weight excluding hydrogens is 174 g/mol. The van der Waals surface area contributed by atoms with Crippen molar-refractivity contribution in [2.75, 3.05) is 0 Å². The summed E-state index contributed by atoms with van der Waals surface area (Å²) in [4.78, 5) is 3.62. The van der Waals surface area contributed by atoms with Gasteiger partial charge in [-0.15, -0.1) is 0 Å². The quantitative estimate of drug-likeness (QED) is 0.654. The van der Waals surface area contributed by atoms with Crippen LogP contribution < -0.4 is 0 Å². The van der Waals surface area contributed by atoms with E-state index in [1.54, 1.807) is 0 Å². The molecule has 0 aliphatic carbocycles. The summed E-state index contributed by atoms with van der Waals surface area (Å²) in [6, 6.07) is 3.97. The normalized spacial score (nSPS) is 10.3. The molecule has 0 aliphatic heterocycles. The lowest BCUT2D eigenvalue weighted by molar-refractivity contribution is 0.504. The molecule has 4 heteroatoms. The highest BCUT2D eigenvalue weighted by atomic mass is 19.2. The Morgan fingerprint density at radius 2 is 2.15 bits per heavy atom. The van der Waals surface area contributed by atoms with Crippen LogP contribution in [-0.2, 0) is 0 Å². The van der Waals surface area contributed by atoms with Crippen molar-refractivity contribution in [1.29, 1.82) is 0 Å². The first-order valence-electron chi connectivity index (χ1n) is 3.63. The third-order valence-electron chi connectivity index (χ3n) is 1.66. The molecule has 0 amide bonds. The maximum absolute atomic E-state index is 13.1. The van der Waals surface area contributed by atoms with Crippen LogP contribution in [0.4, 0.5) is 8.78 Å². The zero-order valence-electron chi connectivity index (χ0n) is 6.54. The number of hydrogen-bond acceptors (Lipinski definition) is 1. The minimum absolute atomic E-state index is 0.133. The average Bonchev–Trinajstić information content (AvgIpc) is 2.62. The molecule has 1 heterocycles. The van der Waals surface area contributed by atoms with Gasteiger partial charge in [0, 0.05) is 6.20 Å². The molecule has 0 aliphatic rings. The standard InChI is InChI=1S/C9H5F2N2/c10-7-2-1-3-8(9(7)11)13-5-4-12-6-13/h1-3,5-6H. The van der Waals surface area contributed by atoms with Gasteiger partial charge in [-0.2, -0.15) is 0 Å². The van der Waals surface area contributed by atoms with Crippen LogP contribution in [0.3, 0.4) is 0 Å². The second-order valence-corrected chi connectivity index (χ2v) is 2.48. The molecule has 0 bridgehead atoms.